The van der Waals surface area contributed by atoms with Gasteiger partial charge in [-0.3, -0.25) is 5.32 Å². The fourth-order valence-corrected chi connectivity index (χ4v) is 2.88. The lowest BCUT2D eigenvalue weighted by Gasteiger charge is -2.18. The molecule has 31 heavy (non-hydrogen) atoms. The highest BCUT2D eigenvalue weighted by atomic mass is 16.5. The highest BCUT2D eigenvalue weighted by Crippen LogP contribution is 2.23. The summed E-state index contributed by atoms with van der Waals surface area (Å²) in [4.78, 5) is 23.7. The van der Waals surface area contributed by atoms with E-state index in [0.29, 0.717) is 29.4 Å². The summed E-state index contributed by atoms with van der Waals surface area (Å²) in [7, 11) is 1.56. The van der Waals surface area contributed by atoms with Crippen LogP contribution in [0, 0.1) is 0 Å². The van der Waals surface area contributed by atoms with E-state index in [1.54, 1.807) is 63.4 Å². The quantitative estimate of drug-likeness (QED) is 0.548. The molecular weight excluding hydrogens is 402 g/mol. The number of anilines is 1. The second-order valence-corrected chi connectivity index (χ2v) is 7.02. The molecule has 8 nitrogen and oxygen atoms in total. The van der Waals surface area contributed by atoms with E-state index < -0.39 is 18.2 Å². The van der Waals surface area contributed by atoms with Crippen LogP contribution in [0.5, 0.6) is 11.5 Å². The smallest absolute Gasteiger partial charge is 0.411 e. The van der Waals surface area contributed by atoms with Gasteiger partial charge in [0.2, 0.25) is 0 Å². The van der Waals surface area contributed by atoms with Gasteiger partial charge >= 0.3 is 12.1 Å². The van der Waals surface area contributed by atoms with Crippen LogP contribution < -0.4 is 14.8 Å². The molecule has 0 spiro atoms. The van der Waals surface area contributed by atoms with E-state index in [1.807, 2.05) is 6.92 Å². The fourth-order valence-electron chi connectivity index (χ4n) is 2.88. The van der Waals surface area contributed by atoms with Crippen molar-refractivity contribution >= 4 is 17.7 Å². The Balaban J connectivity index is 2.07. The molecule has 0 saturated carbocycles. The number of carbonyl (C=O) groups is 2. The Morgan fingerprint density at radius 2 is 1.81 bits per heavy atom. The summed E-state index contributed by atoms with van der Waals surface area (Å²) in [5.41, 5.74) is 1.95. The highest BCUT2D eigenvalue weighted by molar-refractivity contribution is 5.84. The van der Waals surface area contributed by atoms with E-state index >= 15 is 0 Å². The lowest BCUT2D eigenvalue weighted by molar-refractivity contribution is -0.153. The predicted molar refractivity (Wildman–Crippen MR) is 116 cm³/mol. The molecule has 0 radical (unpaired) electrons. The van der Waals surface area contributed by atoms with E-state index in [0.717, 1.165) is 5.56 Å². The van der Waals surface area contributed by atoms with Gasteiger partial charge in [-0.1, -0.05) is 6.07 Å². The molecule has 2 aromatic rings. The summed E-state index contributed by atoms with van der Waals surface area (Å²) < 4.78 is 21.5. The number of nitrogens with one attached hydrogen (secondary N) is 1. The van der Waals surface area contributed by atoms with Crippen molar-refractivity contribution in [1.82, 2.24) is 0 Å². The number of carboxylic acids is 1. The molecule has 1 atom stereocenters. The van der Waals surface area contributed by atoms with Gasteiger partial charge in [-0.05, 0) is 62.7 Å². The number of rotatable bonds is 11. The fraction of sp³-hybridized carbons (Fsp3) is 0.391. The highest BCUT2D eigenvalue weighted by Gasteiger charge is 2.21. The molecule has 0 saturated heterocycles. The van der Waals surface area contributed by atoms with E-state index in [-0.39, 0.29) is 19.1 Å². The van der Waals surface area contributed by atoms with E-state index in [1.165, 1.54) is 0 Å². The van der Waals surface area contributed by atoms with Gasteiger partial charge in [-0.15, -0.1) is 0 Å². The average Bonchev–Trinajstić information content (AvgIpc) is 2.73. The van der Waals surface area contributed by atoms with Crippen molar-refractivity contribution < 1.29 is 33.6 Å². The average molecular weight is 431 g/mol. The van der Waals surface area contributed by atoms with Crippen molar-refractivity contribution in [3.05, 3.63) is 53.6 Å². The van der Waals surface area contributed by atoms with Gasteiger partial charge in [0.25, 0.3) is 0 Å². The van der Waals surface area contributed by atoms with Crippen LogP contribution >= 0.6 is 0 Å². The normalized spacial score (nSPS) is 11.6. The standard InChI is InChI=1S/C23H29NO7/c1-5-29-20-11-6-16(13-21(22(25)26)31-15(2)3)12-17(20)14-30-23(27)24-18-7-9-19(28-4)10-8-18/h6-12,15,21H,5,13-14H2,1-4H3,(H,24,27)(H,25,26). The van der Waals surface area contributed by atoms with Crippen molar-refractivity contribution in [1.29, 1.82) is 0 Å². The molecule has 0 bridgehead atoms. The summed E-state index contributed by atoms with van der Waals surface area (Å²) in [6, 6.07) is 12.2. The lowest BCUT2D eigenvalue weighted by atomic mass is 10.0. The van der Waals surface area contributed by atoms with Crippen molar-refractivity contribution in [2.75, 3.05) is 19.0 Å². The van der Waals surface area contributed by atoms with Crippen LogP contribution in [0.4, 0.5) is 10.5 Å². The van der Waals surface area contributed by atoms with E-state index in [2.05, 4.69) is 5.32 Å². The van der Waals surface area contributed by atoms with Gasteiger partial charge in [-0.2, -0.15) is 0 Å². The second-order valence-electron chi connectivity index (χ2n) is 7.02. The van der Waals surface area contributed by atoms with Crippen LogP contribution in [0.3, 0.4) is 0 Å². The number of hydrogen-bond donors (Lipinski definition) is 2. The molecule has 1 unspecified atom stereocenters. The Hall–Kier alpha value is -3.26. The van der Waals surface area contributed by atoms with Gasteiger partial charge in [0.05, 0.1) is 19.8 Å². The minimum absolute atomic E-state index is 0.0338. The van der Waals surface area contributed by atoms with Crippen LogP contribution in [0.25, 0.3) is 0 Å². The van der Waals surface area contributed by atoms with Crippen LogP contribution in [0.2, 0.25) is 0 Å². The van der Waals surface area contributed by atoms with Crippen LogP contribution in [-0.2, 0) is 27.3 Å². The third-order valence-corrected chi connectivity index (χ3v) is 4.25. The molecule has 0 aliphatic rings. The van der Waals surface area contributed by atoms with Gasteiger partial charge in [-0.25, -0.2) is 9.59 Å². The summed E-state index contributed by atoms with van der Waals surface area (Å²) in [5.74, 6) is 0.220. The maximum Gasteiger partial charge on any atom is 0.411 e. The Labute approximate surface area is 182 Å². The number of hydrogen-bond acceptors (Lipinski definition) is 6. The first-order valence-corrected chi connectivity index (χ1v) is 10.0. The van der Waals surface area contributed by atoms with Crippen molar-refractivity contribution in [3.63, 3.8) is 0 Å². The first-order valence-electron chi connectivity index (χ1n) is 10.0. The molecule has 2 rings (SSSR count). The number of ether oxygens (including phenoxy) is 4. The SMILES string of the molecule is CCOc1ccc(CC(OC(C)C)C(=O)O)cc1COC(=O)Nc1ccc(OC)cc1. The zero-order valence-corrected chi connectivity index (χ0v) is 18.2. The maximum atomic E-state index is 12.2. The number of aliphatic carboxylic acids is 1. The molecule has 0 aliphatic heterocycles. The summed E-state index contributed by atoms with van der Waals surface area (Å²) in [6.07, 6.45) is -1.62. The molecule has 0 aromatic heterocycles. The van der Waals surface area contributed by atoms with Crippen LogP contribution in [-0.4, -0.2) is 43.1 Å². The van der Waals surface area contributed by atoms with E-state index in [4.69, 9.17) is 18.9 Å². The first kappa shape index (κ1) is 24.0. The summed E-state index contributed by atoms with van der Waals surface area (Å²) >= 11 is 0. The van der Waals surface area contributed by atoms with Gasteiger partial charge in [0.15, 0.2) is 6.10 Å². The monoisotopic (exact) mass is 431 g/mol. The number of carbonyl (C=O) groups excluding carboxylic acids is 1. The number of methoxy groups -OCH3 is 1. The second kappa shape index (κ2) is 11.8. The van der Waals surface area contributed by atoms with Gasteiger partial charge in [0.1, 0.15) is 18.1 Å². The van der Waals surface area contributed by atoms with Crippen LogP contribution in [0.1, 0.15) is 31.9 Å². The Morgan fingerprint density at radius 3 is 2.39 bits per heavy atom. The first-order chi connectivity index (χ1) is 14.8. The van der Waals surface area contributed by atoms with E-state index in [9.17, 15) is 14.7 Å². The summed E-state index contributed by atoms with van der Waals surface area (Å²) in [5, 5.41) is 12.0. The van der Waals surface area contributed by atoms with Gasteiger partial charge < -0.3 is 24.1 Å². The third-order valence-electron chi connectivity index (χ3n) is 4.25. The minimum atomic E-state index is -1.03. The Kier molecular flexibility index (Phi) is 9.14. The minimum Gasteiger partial charge on any atom is -0.497 e. The molecule has 2 N–H and O–H groups in total. The van der Waals surface area contributed by atoms with Crippen molar-refractivity contribution in [3.8, 4) is 11.5 Å². The van der Waals surface area contributed by atoms with Crippen molar-refractivity contribution in [2.24, 2.45) is 0 Å². The largest absolute Gasteiger partial charge is 0.497 e. The summed E-state index contributed by atoms with van der Waals surface area (Å²) in [6.45, 7) is 5.84. The predicted octanol–water partition coefficient (Wildman–Crippen LogP) is 4.26. The van der Waals surface area contributed by atoms with Crippen molar-refractivity contribution in [2.45, 2.75) is 46.0 Å². The number of benzene rings is 2. The molecule has 0 fully saturated rings. The molecule has 2 aromatic carbocycles. The molecule has 1 amide bonds. The Bertz CT molecular complexity index is 865. The third kappa shape index (κ3) is 7.82. The maximum absolute atomic E-state index is 12.2. The van der Waals surface area contributed by atoms with Crippen LogP contribution in [0.15, 0.2) is 42.5 Å². The topological polar surface area (TPSA) is 103 Å². The molecule has 168 valence electrons. The number of amides is 1. The lowest BCUT2D eigenvalue weighted by Crippen LogP contribution is -2.29. The molecular formula is C23H29NO7. The zero-order valence-electron chi connectivity index (χ0n) is 18.2. The molecule has 8 heteroatoms. The zero-order chi connectivity index (χ0) is 22.8. The molecule has 0 aliphatic carbocycles. The number of carboxylic acid groups (broad SMARTS) is 1. The Morgan fingerprint density at radius 1 is 1.10 bits per heavy atom. The van der Waals surface area contributed by atoms with Gasteiger partial charge in [0, 0.05) is 17.7 Å². The molecule has 0 heterocycles.